The van der Waals surface area contributed by atoms with Crippen LogP contribution in [0.15, 0.2) is 17.2 Å². The van der Waals surface area contributed by atoms with Crippen molar-refractivity contribution in [2.45, 2.75) is 4.90 Å². The molecule has 10 heavy (non-hydrogen) atoms. The summed E-state index contributed by atoms with van der Waals surface area (Å²) in [5.74, 6) is 1.23. The first-order valence-electron chi connectivity index (χ1n) is 2.81. The predicted molar refractivity (Wildman–Crippen MR) is 37.6 cm³/mol. The van der Waals surface area contributed by atoms with Crippen LogP contribution in [-0.4, -0.2) is 11.8 Å². The normalized spacial score (nSPS) is 13.7. The lowest BCUT2D eigenvalue weighted by Crippen LogP contribution is -1.93. The summed E-state index contributed by atoms with van der Waals surface area (Å²) in [4.78, 5) is 4.72. The quantitative estimate of drug-likeness (QED) is 0.569. The van der Waals surface area contributed by atoms with Crippen LogP contribution in [0.3, 0.4) is 0 Å². The van der Waals surface area contributed by atoms with Crippen molar-refractivity contribution in [2.24, 2.45) is 0 Å². The van der Waals surface area contributed by atoms with Gasteiger partial charge in [-0.05, 0) is 0 Å². The van der Waals surface area contributed by atoms with Crippen molar-refractivity contribution in [1.29, 1.82) is 0 Å². The van der Waals surface area contributed by atoms with Crippen molar-refractivity contribution in [3.05, 3.63) is 12.3 Å². The van der Waals surface area contributed by atoms with Crippen LogP contribution in [0.2, 0.25) is 0 Å². The highest BCUT2D eigenvalue weighted by molar-refractivity contribution is 7.80. The molecule has 4 heteroatoms. The highest BCUT2D eigenvalue weighted by Crippen LogP contribution is 2.30. The van der Waals surface area contributed by atoms with E-state index < -0.39 is 0 Å². The molecule has 0 bridgehead atoms. The fourth-order valence-electron chi connectivity index (χ4n) is 0.782. The number of hydrogen-bond donors (Lipinski definition) is 1. The Morgan fingerprint density at radius 2 is 2.40 bits per heavy atom. The summed E-state index contributed by atoms with van der Waals surface area (Å²) in [6, 6.07) is 1.78. The maximum Gasteiger partial charge on any atom is 0.260 e. The third-order valence-corrected chi connectivity index (χ3v) is 1.46. The SMILES string of the molecule is Sc1cnc2c(c1)OCO2. The fourth-order valence-corrected chi connectivity index (χ4v) is 0.957. The third-order valence-electron chi connectivity index (χ3n) is 1.21. The molecule has 0 atom stereocenters. The zero-order valence-corrected chi connectivity index (χ0v) is 5.97. The molecule has 0 radical (unpaired) electrons. The monoisotopic (exact) mass is 155 g/mol. The van der Waals surface area contributed by atoms with E-state index in [1.165, 1.54) is 0 Å². The van der Waals surface area contributed by atoms with Gasteiger partial charge < -0.3 is 9.47 Å². The molecule has 0 spiro atoms. The Morgan fingerprint density at radius 1 is 1.50 bits per heavy atom. The lowest BCUT2D eigenvalue weighted by molar-refractivity contribution is 0.171. The van der Waals surface area contributed by atoms with Crippen LogP contribution in [0.25, 0.3) is 0 Å². The van der Waals surface area contributed by atoms with Crippen molar-refractivity contribution in [3.63, 3.8) is 0 Å². The molecule has 0 N–H and O–H groups in total. The van der Waals surface area contributed by atoms with Gasteiger partial charge >= 0.3 is 0 Å². The Bertz CT molecular complexity index is 264. The van der Waals surface area contributed by atoms with E-state index in [2.05, 4.69) is 17.6 Å². The molecule has 1 aromatic heterocycles. The third kappa shape index (κ3) is 0.806. The fraction of sp³-hybridized carbons (Fsp3) is 0.167. The van der Waals surface area contributed by atoms with Crippen molar-refractivity contribution >= 4 is 12.6 Å². The second-order valence-corrected chi connectivity index (χ2v) is 2.42. The second-order valence-electron chi connectivity index (χ2n) is 1.90. The number of aromatic nitrogens is 1. The minimum Gasteiger partial charge on any atom is -0.452 e. The van der Waals surface area contributed by atoms with Gasteiger partial charge in [-0.15, -0.1) is 12.6 Å². The first-order valence-corrected chi connectivity index (χ1v) is 3.25. The molecule has 0 aliphatic carbocycles. The summed E-state index contributed by atoms with van der Waals surface area (Å²) in [5.41, 5.74) is 0. The van der Waals surface area contributed by atoms with E-state index in [4.69, 9.17) is 9.47 Å². The van der Waals surface area contributed by atoms with Crippen LogP contribution in [0, 0.1) is 0 Å². The largest absolute Gasteiger partial charge is 0.452 e. The molecular weight excluding hydrogens is 150 g/mol. The maximum atomic E-state index is 5.05. The van der Waals surface area contributed by atoms with E-state index in [0.717, 1.165) is 4.90 Å². The Morgan fingerprint density at radius 3 is 3.30 bits per heavy atom. The number of pyridine rings is 1. The molecular formula is C6H5NO2S. The van der Waals surface area contributed by atoms with Crippen LogP contribution in [-0.2, 0) is 0 Å². The summed E-state index contributed by atoms with van der Waals surface area (Å²) in [6.07, 6.45) is 1.62. The Balaban J connectivity index is 2.52. The molecule has 52 valence electrons. The molecule has 0 aromatic carbocycles. The van der Waals surface area contributed by atoms with Crippen LogP contribution in [0.4, 0.5) is 0 Å². The number of rotatable bonds is 0. The van der Waals surface area contributed by atoms with Gasteiger partial charge in [-0.1, -0.05) is 0 Å². The molecule has 2 rings (SSSR count). The van der Waals surface area contributed by atoms with E-state index in [-0.39, 0.29) is 6.79 Å². The van der Waals surface area contributed by atoms with Crippen LogP contribution < -0.4 is 9.47 Å². The summed E-state index contributed by atoms with van der Waals surface area (Å²) in [5, 5.41) is 0. The number of nitrogens with zero attached hydrogens (tertiary/aromatic N) is 1. The zero-order valence-electron chi connectivity index (χ0n) is 5.07. The van der Waals surface area contributed by atoms with Gasteiger partial charge in [0.15, 0.2) is 5.75 Å². The van der Waals surface area contributed by atoms with Crippen molar-refractivity contribution in [2.75, 3.05) is 6.79 Å². The Kier molecular flexibility index (Phi) is 1.20. The van der Waals surface area contributed by atoms with Crippen LogP contribution in [0.1, 0.15) is 0 Å². The van der Waals surface area contributed by atoms with Crippen LogP contribution in [0.5, 0.6) is 11.6 Å². The number of thiol groups is 1. The topological polar surface area (TPSA) is 31.4 Å². The Hall–Kier alpha value is -0.900. The summed E-state index contributed by atoms with van der Waals surface area (Å²) < 4.78 is 10.0. The van der Waals surface area contributed by atoms with Gasteiger partial charge in [0.1, 0.15) is 0 Å². The molecule has 1 aromatic rings. The summed E-state index contributed by atoms with van der Waals surface area (Å²) >= 11 is 4.09. The molecule has 1 aliphatic heterocycles. The molecule has 0 saturated carbocycles. The van der Waals surface area contributed by atoms with Crippen molar-refractivity contribution in [3.8, 4) is 11.6 Å². The van der Waals surface area contributed by atoms with Gasteiger partial charge in [0.05, 0.1) is 0 Å². The molecule has 3 nitrogen and oxygen atoms in total. The minimum atomic E-state index is 0.263. The molecule has 0 amide bonds. The first kappa shape index (κ1) is 5.85. The molecule has 0 fully saturated rings. The number of hydrogen-bond acceptors (Lipinski definition) is 4. The number of fused-ring (bicyclic) bond motifs is 1. The Labute approximate surface area is 63.4 Å². The zero-order chi connectivity index (χ0) is 6.97. The van der Waals surface area contributed by atoms with Crippen molar-refractivity contribution in [1.82, 2.24) is 4.98 Å². The van der Waals surface area contributed by atoms with Gasteiger partial charge in [0.25, 0.3) is 5.88 Å². The molecule has 0 saturated heterocycles. The van der Waals surface area contributed by atoms with E-state index in [0.29, 0.717) is 11.6 Å². The maximum absolute atomic E-state index is 5.05. The van der Waals surface area contributed by atoms with Gasteiger partial charge in [-0.2, -0.15) is 0 Å². The average Bonchev–Trinajstić information content (AvgIpc) is 2.33. The summed E-state index contributed by atoms with van der Waals surface area (Å²) in [6.45, 7) is 0.263. The lowest BCUT2D eigenvalue weighted by Gasteiger charge is -1.93. The van der Waals surface area contributed by atoms with E-state index in [9.17, 15) is 0 Å². The lowest BCUT2D eigenvalue weighted by atomic mass is 10.4. The second kappa shape index (κ2) is 2.05. The average molecular weight is 155 g/mol. The molecule has 2 heterocycles. The number of ether oxygens (including phenoxy) is 2. The standard InChI is InChI=1S/C6H5NO2S/c10-4-1-5-6(7-2-4)9-3-8-5/h1-2,10H,3H2. The van der Waals surface area contributed by atoms with Gasteiger partial charge in [-0.3, -0.25) is 0 Å². The van der Waals surface area contributed by atoms with Gasteiger partial charge in [0.2, 0.25) is 6.79 Å². The first-order chi connectivity index (χ1) is 4.86. The minimum absolute atomic E-state index is 0.263. The van der Waals surface area contributed by atoms with Crippen LogP contribution >= 0.6 is 12.6 Å². The highest BCUT2D eigenvalue weighted by atomic mass is 32.1. The van der Waals surface area contributed by atoms with E-state index >= 15 is 0 Å². The molecule has 1 aliphatic rings. The smallest absolute Gasteiger partial charge is 0.260 e. The van der Waals surface area contributed by atoms with E-state index in [1.54, 1.807) is 12.3 Å². The predicted octanol–water partition coefficient (Wildman–Crippen LogP) is 1.10. The molecule has 0 unspecified atom stereocenters. The highest BCUT2D eigenvalue weighted by Gasteiger charge is 2.13. The van der Waals surface area contributed by atoms with E-state index in [1.807, 2.05) is 0 Å². The van der Waals surface area contributed by atoms with Gasteiger partial charge in [0, 0.05) is 17.2 Å². The van der Waals surface area contributed by atoms with Gasteiger partial charge in [-0.25, -0.2) is 4.98 Å². The van der Waals surface area contributed by atoms with Crippen molar-refractivity contribution < 1.29 is 9.47 Å². The summed E-state index contributed by atoms with van der Waals surface area (Å²) in [7, 11) is 0.